The summed E-state index contributed by atoms with van der Waals surface area (Å²) >= 11 is 0. The number of anilines is 2. The molecule has 2 unspecified atom stereocenters. The molecular formula is C47H54F6N8O12S2. The monoisotopic (exact) mass is 1100 g/mol. The second-order valence-corrected chi connectivity index (χ2v) is 23.5. The van der Waals surface area contributed by atoms with Crippen molar-refractivity contribution < 1.29 is 80.9 Å². The van der Waals surface area contributed by atoms with Crippen molar-refractivity contribution in [2.75, 3.05) is 22.1 Å². The number of allylic oxidation sites excluding steroid dienone is 1. The van der Waals surface area contributed by atoms with E-state index < -0.39 is 115 Å². The van der Waals surface area contributed by atoms with Crippen molar-refractivity contribution in [2.45, 2.75) is 145 Å². The molecule has 28 heteroatoms. The van der Waals surface area contributed by atoms with Crippen LogP contribution >= 0.6 is 0 Å². The first-order valence-electron chi connectivity index (χ1n) is 23.0. The molecule has 6 heterocycles. The molecule has 0 aliphatic carbocycles. The zero-order chi connectivity index (χ0) is 55.6. The molecule has 1 aromatic carbocycles. The Morgan fingerprint density at radius 3 is 1.67 bits per heavy atom. The van der Waals surface area contributed by atoms with E-state index in [0.29, 0.717) is 5.56 Å². The first-order valence-corrected chi connectivity index (χ1v) is 26.3. The van der Waals surface area contributed by atoms with Gasteiger partial charge in [0, 0.05) is 6.42 Å². The Morgan fingerprint density at radius 1 is 0.680 bits per heavy atom. The van der Waals surface area contributed by atoms with Gasteiger partial charge in [-0.1, -0.05) is 48.9 Å². The first-order chi connectivity index (χ1) is 34.6. The minimum atomic E-state index is -5.13. The summed E-state index contributed by atoms with van der Waals surface area (Å²) in [6, 6.07) is 10.8. The topological polar surface area (TPSA) is 278 Å². The van der Waals surface area contributed by atoms with Gasteiger partial charge in [0.1, 0.15) is 11.2 Å². The van der Waals surface area contributed by atoms with E-state index in [2.05, 4.69) is 41.0 Å². The number of sulfone groups is 2. The highest BCUT2D eigenvalue weighted by molar-refractivity contribution is 7.91. The van der Waals surface area contributed by atoms with Gasteiger partial charge in [0.15, 0.2) is 41.1 Å². The Labute approximate surface area is 426 Å². The smallest absolute Gasteiger partial charge is 0.426 e. The van der Waals surface area contributed by atoms with Crippen molar-refractivity contribution in [3.8, 4) is 23.2 Å². The largest absolute Gasteiger partial charge is 0.444 e. The third-order valence-corrected chi connectivity index (χ3v) is 14.6. The van der Waals surface area contributed by atoms with Crippen LogP contribution < -0.4 is 10.6 Å². The quantitative estimate of drug-likeness (QED) is 0.109. The van der Waals surface area contributed by atoms with Crippen LogP contribution in [0, 0.1) is 13.8 Å². The van der Waals surface area contributed by atoms with Crippen LogP contribution in [0.5, 0.6) is 0 Å². The van der Waals surface area contributed by atoms with Gasteiger partial charge in [-0.05, 0) is 110 Å². The fourth-order valence-electron chi connectivity index (χ4n) is 7.45. The number of rotatable bonds is 5. The Morgan fingerprint density at radius 2 is 1.17 bits per heavy atom. The van der Waals surface area contributed by atoms with Crippen molar-refractivity contribution in [1.29, 1.82) is 0 Å². The number of amides is 2. The average molecular weight is 1100 g/mol. The number of alkyl halides is 6. The van der Waals surface area contributed by atoms with Crippen molar-refractivity contribution in [2.24, 2.45) is 0 Å². The number of benzene rings is 1. The van der Waals surface area contributed by atoms with Crippen molar-refractivity contribution in [1.82, 2.24) is 30.4 Å². The molecule has 0 spiro atoms. The first kappa shape index (κ1) is 57.8. The molecule has 8 bridgehead atoms. The summed E-state index contributed by atoms with van der Waals surface area (Å²) in [6.07, 6.45) is -11.1. The lowest BCUT2D eigenvalue weighted by atomic mass is 9.95. The second-order valence-electron chi connectivity index (χ2n) is 19.5. The van der Waals surface area contributed by atoms with Crippen molar-refractivity contribution >= 4 is 43.2 Å². The molecule has 0 fully saturated rings. The molecule has 2 amide bonds. The van der Waals surface area contributed by atoms with Crippen LogP contribution in [0.15, 0.2) is 73.5 Å². The molecule has 75 heavy (non-hydrogen) atoms. The summed E-state index contributed by atoms with van der Waals surface area (Å²) in [5.41, 5.74) is -8.32. The number of aryl methyl sites for hydroxylation is 2. The number of nitrogens with one attached hydrogen (secondary N) is 2. The standard InChI is InChI=1S/C27H29F3N4O6S.C20H25F3N4O6S/c1-17-15-19(31-24(35)40-25(2,3)4)20-21-33-34-23(39-21)26(27(28,29)30,38-16-18-11-7-5-8-12-18)13-9-6-10-14-41(36,37)22(17)32-20;1-11-10-12(24-17(28)33-18(2,3)4)13-14-26-27-16(32-14)19(29,20(21,22)23)8-6-5-7-9-34(30,31)15(11)25-13/h5-9,11-12,15H,10,13-14,16H2,1-4H3,(H,31,35);10,29H,5-9H2,1-4H3,(H,24,28). The molecular weight excluding hydrogens is 1050 g/mol. The fraction of sp³-hybridized carbons (Fsp3) is 0.489. The van der Waals surface area contributed by atoms with Gasteiger partial charge in [-0.25, -0.2) is 36.4 Å². The van der Waals surface area contributed by atoms with Crippen LogP contribution in [0.25, 0.3) is 23.2 Å². The SMILES string of the molecule is Cc1cc(NC(=O)OC(C)(C)C)c2nc1S(=O)(=O)CCC=CCC(OCc1ccccc1)(C(F)(F)F)c1nnc-2o1.Cc1cc(NC(=O)OC(C)(C)C)c2nc1S(=O)(=O)CCCCCC(O)(C(F)(F)F)c1nnc-2o1. The summed E-state index contributed by atoms with van der Waals surface area (Å²) in [7, 11) is -7.92. The molecule has 0 saturated heterocycles. The lowest BCUT2D eigenvalue weighted by Crippen LogP contribution is -2.45. The molecule has 20 nitrogen and oxygen atoms in total. The number of halogens is 6. The predicted octanol–water partition coefficient (Wildman–Crippen LogP) is 9.77. The number of carbonyl (C=O) groups is 2. The molecule has 0 saturated carbocycles. The van der Waals surface area contributed by atoms with Crippen molar-refractivity contribution in [3.63, 3.8) is 0 Å². The van der Waals surface area contributed by atoms with Gasteiger partial charge in [-0.15, -0.1) is 20.4 Å². The van der Waals surface area contributed by atoms with E-state index in [1.807, 2.05) is 0 Å². The molecule has 5 aromatic rings. The van der Waals surface area contributed by atoms with Crippen LogP contribution in [0.3, 0.4) is 0 Å². The third-order valence-electron chi connectivity index (χ3n) is 11.0. The van der Waals surface area contributed by atoms with Crippen molar-refractivity contribution in [3.05, 3.63) is 83.1 Å². The van der Waals surface area contributed by atoms with E-state index >= 15 is 0 Å². The van der Waals surface area contributed by atoms with Gasteiger partial charge in [0.2, 0.25) is 11.2 Å². The van der Waals surface area contributed by atoms with E-state index in [-0.39, 0.29) is 75.4 Å². The van der Waals surface area contributed by atoms with Crippen LogP contribution in [-0.2, 0) is 51.7 Å². The van der Waals surface area contributed by atoms with Gasteiger partial charge in [0.25, 0.3) is 23.6 Å². The van der Waals surface area contributed by atoms with Gasteiger partial charge in [-0.3, -0.25) is 10.6 Å². The molecule has 4 aromatic heterocycles. The molecule has 3 N–H and O–H groups in total. The van der Waals surface area contributed by atoms with Gasteiger partial charge in [-0.2, -0.15) is 26.3 Å². The van der Waals surface area contributed by atoms with E-state index in [1.54, 1.807) is 71.9 Å². The molecule has 408 valence electrons. The third kappa shape index (κ3) is 13.7. The Kier molecular flexibility index (Phi) is 16.6. The van der Waals surface area contributed by atoms with E-state index in [9.17, 15) is 57.9 Å². The molecule has 7 rings (SSSR count). The number of ether oxygens (including phenoxy) is 3. The van der Waals surface area contributed by atoms with Gasteiger partial charge >= 0.3 is 24.5 Å². The highest BCUT2D eigenvalue weighted by Gasteiger charge is 2.61. The highest BCUT2D eigenvalue weighted by Crippen LogP contribution is 2.47. The zero-order valence-corrected chi connectivity index (χ0v) is 43.4. The Balaban J connectivity index is 0.000000248. The minimum absolute atomic E-state index is 0.0545. The Bertz CT molecular complexity index is 3150. The van der Waals surface area contributed by atoms with Gasteiger partial charge < -0.3 is 28.2 Å². The Hall–Kier alpha value is -6.52. The summed E-state index contributed by atoms with van der Waals surface area (Å²) in [5, 5.41) is 29.0. The van der Waals surface area contributed by atoms with E-state index in [1.165, 1.54) is 38.1 Å². The molecule has 2 aliphatic heterocycles. The molecule has 2 atom stereocenters. The number of hydrogen-bond acceptors (Lipinski definition) is 18. The van der Waals surface area contributed by atoms with E-state index in [0.717, 1.165) is 0 Å². The summed E-state index contributed by atoms with van der Waals surface area (Å²) in [6.45, 7) is 12.3. The lowest BCUT2D eigenvalue weighted by Gasteiger charge is -2.31. The van der Waals surface area contributed by atoms with Crippen LogP contribution in [0.4, 0.5) is 47.3 Å². The van der Waals surface area contributed by atoms with Crippen LogP contribution in [0.1, 0.15) is 109 Å². The maximum atomic E-state index is 14.8. The van der Waals surface area contributed by atoms with E-state index in [4.69, 9.17) is 23.0 Å². The lowest BCUT2D eigenvalue weighted by molar-refractivity contribution is -0.295. The predicted molar refractivity (Wildman–Crippen MR) is 254 cm³/mol. The number of pyridine rings is 2. The maximum absolute atomic E-state index is 14.8. The number of fused-ring (bicyclic) bond motifs is 10. The number of hydrogen-bond donors (Lipinski definition) is 3. The summed E-state index contributed by atoms with van der Waals surface area (Å²) in [5.74, 6) is -3.97. The normalized spacial score (nSPS) is 19.9. The van der Waals surface area contributed by atoms with Crippen LogP contribution in [0.2, 0.25) is 0 Å². The second kappa shape index (κ2) is 21.6. The molecule has 0 radical (unpaired) electrons. The maximum Gasteiger partial charge on any atom is 0.426 e. The number of carbonyl (C=O) groups excluding carboxylic acids is 2. The number of aromatic nitrogens is 6. The number of aliphatic hydroxyl groups is 1. The number of nitrogens with zero attached hydrogens (tertiary/aromatic N) is 6. The highest BCUT2D eigenvalue weighted by atomic mass is 32.2. The summed E-state index contributed by atoms with van der Waals surface area (Å²) in [4.78, 5) is 33.1. The molecule has 2 aliphatic rings. The van der Waals surface area contributed by atoms with Crippen LogP contribution in [-0.4, -0.2) is 99.6 Å². The zero-order valence-electron chi connectivity index (χ0n) is 41.8. The minimum Gasteiger partial charge on any atom is -0.444 e. The fourth-order valence-corrected chi connectivity index (χ4v) is 10.4. The van der Waals surface area contributed by atoms with Gasteiger partial charge in [0.05, 0.1) is 29.5 Å². The average Bonchev–Trinajstić information content (AvgIpc) is 3.97. The summed E-state index contributed by atoms with van der Waals surface area (Å²) < 4.78 is 164.